The Morgan fingerprint density at radius 3 is 0.288 bits per heavy atom. The SMILES string of the molecule is FC(F)(F)c1cc(P(Cc2cccc(CP(c3cc(C(F)(F)F)cc(C(F)(F)F)c3)c3cc(C(F)(F)F)cc(C(F)(F)F)c3)c2-c2c(CP(c3cc(C(F)(F)F)cc(C(F)(F)F)c3)c3cc(C(F)(F)F)cc(C(F)(F)F)c3)cccc2CP(c2cc(C(F)(F)F)cc(C(F)(F)F)c2)c2cc(C(F)(F)F)cc(C(F)(F)F)c2)c2cc(C(F)(F)F)cc(C(F)(F)F)c2)cc(C(F)(F)F)c1. The van der Waals surface area contributed by atoms with Crippen molar-refractivity contribution in [3.05, 3.63) is 293 Å². The van der Waals surface area contributed by atoms with E-state index in [-0.39, 0.29) is 36.4 Å². The van der Waals surface area contributed by atoms with Crippen molar-refractivity contribution in [3.8, 4) is 11.1 Å². The van der Waals surface area contributed by atoms with Crippen LogP contribution in [-0.2, 0) is 123 Å². The summed E-state index contributed by atoms with van der Waals surface area (Å²) in [4.78, 5) is 0. The zero-order valence-corrected chi connectivity index (χ0v) is 66.7. The summed E-state index contributed by atoms with van der Waals surface area (Å²) in [6.45, 7) is 0. The van der Waals surface area contributed by atoms with E-state index in [1.54, 1.807) is 0 Å². The van der Waals surface area contributed by atoms with Crippen LogP contribution in [-0.4, -0.2) is 0 Å². The molecule has 52 heteroatoms. The second-order valence-electron chi connectivity index (χ2n) is 28.4. The van der Waals surface area contributed by atoms with Crippen molar-refractivity contribution in [2.24, 2.45) is 0 Å². The van der Waals surface area contributed by atoms with E-state index >= 15 is 211 Å². The largest absolute Gasteiger partial charge is 0.416 e. The molecule has 0 aliphatic rings. The highest BCUT2D eigenvalue weighted by Crippen LogP contribution is 2.57. The van der Waals surface area contributed by atoms with Crippen molar-refractivity contribution in [2.45, 2.75) is 123 Å². The Hall–Kier alpha value is -9.44. The minimum Gasteiger partial charge on any atom is -0.166 e. The maximum atomic E-state index is 15.3. The van der Waals surface area contributed by atoms with Crippen LogP contribution in [0.4, 0.5) is 211 Å². The molecule has 0 bridgehead atoms. The van der Waals surface area contributed by atoms with Gasteiger partial charge in [0.2, 0.25) is 0 Å². The van der Waals surface area contributed by atoms with E-state index in [0.29, 0.717) is 0 Å². The van der Waals surface area contributed by atoms with Gasteiger partial charge in [-0.2, -0.15) is 211 Å². The summed E-state index contributed by atoms with van der Waals surface area (Å²) in [5.74, 6) is 0. The summed E-state index contributed by atoms with van der Waals surface area (Å²) in [5, 5.41) is -15.0. The van der Waals surface area contributed by atoms with Crippen LogP contribution in [0.15, 0.2) is 182 Å². The molecule has 0 aromatic heterocycles. The van der Waals surface area contributed by atoms with Gasteiger partial charge in [-0.05, 0) is 253 Å². The lowest BCUT2D eigenvalue weighted by Gasteiger charge is -2.30. The van der Waals surface area contributed by atoms with E-state index < -0.39 is 466 Å². The first-order chi connectivity index (χ1) is 59.4. The van der Waals surface area contributed by atoms with Crippen LogP contribution >= 0.6 is 31.7 Å². The monoisotopic (exact) mass is 2030 g/mol. The van der Waals surface area contributed by atoms with Gasteiger partial charge < -0.3 is 0 Å². The van der Waals surface area contributed by atoms with E-state index in [9.17, 15) is 0 Å². The fourth-order valence-corrected chi connectivity index (χ4v) is 23.0. The van der Waals surface area contributed by atoms with Gasteiger partial charge in [0, 0.05) is 24.6 Å². The average molecular weight is 2030 g/mol. The maximum Gasteiger partial charge on any atom is 0.416 e. The Bertz CT molecular complexity index is 4650. The number of hydrogen-bond acceptors (Lipinski definition) is 0. The molecule has 0 radical (unpaired) electrons. The number of hydrogen-bond donors (Lipinski definition) is 0. The molecule has 0 heterocycles. The molecule has 714 valence electrons. The Balaban J connectivity index is 1.56. The van der Waals surface area contributed by atoms with Crippen molar-refractivity contribution in [1.82, 2.24) is 0 Å². The second kappa shape index (κ2) is 35.7. The molecule has 10 rings (SSSR count). The maximum absolute atomic E-state index is 15.3. The standard InChI is InChI=1S/C80H38F48P4/c81-65(82,83)39-7-40(66(84,85)86)16-55(15-39)129(56-17-41(67(87,88)89)8-42(18-56)68(90,91)92)31-35-3-1-4-36(32-130(57-19-43(69(93,94)95)9-44(20-57)70(96,97)98)58-21-45(71(99,100)101)10-46(22-58)72(102,103)104)63(35)64-37(33-131(59-23-47(73(105,106)107)11-48(24-59)74(108,109)110)60-25-49(75(111,112)113)12-50(26-60)76(114,115)116)5-2-6-38(64)34-132(61-27-51(77(117,118)119)13-52(28-61)78(120,121)122)62-29-53(79(123,124)125)14-54(30-62)80(126,127)128/h1-30H,31-34H2. The number of halogens is 48. The topological polar surface area (TPSA) is 0 Å². The van der Waals surface area contributed by atoms with Crippen LogP contribution in [0.5, 0.6) is 0 Å². The molecule has 0 aliphatic heterocycles. The summed E-state index contributed by atoms with van der Waals surface area (Å²) in [5.41, 5.74) is -52.2. The Morgan fingerprint density at radius 2 is 0.212 bits per heavy atom. The fourth-order valence-electron chi connectivity index (χ4n) is 13.2. The van der Waals surface area contributed by atoms with Gasteiger partial charge in [0.15, 0.2) is 0 Å². The Morgan fingerprint density at radius 1 is 0.129 bits per heavy atom. The van der Waals surface area contributed by atoms with Crippen LogP contribution in [0.2, 0.25) is 0 Å². The van der Waals surface area contributed by atoms with Gasteiger partial charge in [-0.1, -0.05) is 36.4 Å². The van der Waals surface area contributed by atoms with Crippen molar-refractivity contribution >= 4 is 74.1 Å². The van der Waals surface area contributed by atoms with Crippen LogP contribution in [0, 0.1) is 0 Å². The van der Waals surface area contributed by atoms with E-state index in [2.05, 4.69) is 0 Å². The van der Waals surface area contributed by atoms with E-state index in [1.165, 1.54) is 0 Å². The lowest BCUT2D eigenvalue weighted by molar-refractivity contribution is -0.144. The van der Waals surface area contributed by atoms with Crippen LogP contribution < -0.4 is 42.4 Å². The molecule has 0 amide bonds. The first-order valence-corrected chi connectivity index (χ1v) is 41.2. The lowest BCUT2D eigenvalue weighted by atomic mass is 9.89. The number of rotatable bonds is 17. The predicted octanol–water partition coefficient (Wildman–Crippen LogP) is 30.2. The zero-order valence-electron chi connectivity index (χ0n) is 63.1. The van der Waals surface area contributed by atoms with Gasteiger partial charge in [0.25, 0.3) is 0 Å². The number of benzene rings is 10. The summed E-state index contributed by atoms with van der Waals surface area (Å²) in [6.07, 6.45) is -109. The Labute approximate surface area is 710 Å². The Kier molecular flexibility index (Phi) is 28.3. The lowest BCUT2D eigenvalue weighted by Crippen LogP contribution is -2.24. The fraction of sp³-hybridized carbons (Fsp3) is 0.250. The molecule has 0 saturated carbocycles. The third-order valence-electron chi connectivity index (χ3n) is 19.1. The average Bonchev–Trinajstić information content (AvgIpc) is 0.746. The zero-order chi connectivity index (χ0) is 99.7. The molecule has 10 aromatic carbocycles. The highest BCUT2D eigenvalue weighted by Gasteiger charge is 2.49. The van der Waals surface area contributed by atoms with Gasteiger partial charge in [-0.25, -0.2) is 0 Å². The van der Waals surface area contributed by atoms with E-state index in [1.807, 2.05) is 0 Å². The van der Waals surface area contributed by atoms with E-state index in [0.717, 1.165) is 0 Å². The van der Waals surface area contributed by atoms with Gasteiger partial charge in [0.1, 0.15) is 0 Å². The van der Waals surface area contributed by atoms with Crippen LogP contribution in [0.25, 0.3) is 11.1 Å². The highest BCUT2D eigenvalue weighted by atomic mass is 31.1. The molecule has 0 atom stereocenters. The summed E-state index contributed by atoms with van der Waals surface area (Å²) < 4.78 is 732. The molecule has 0 unspecified atom stereocenters. The molecule has 0 nitrogen and oxygen atoms in total. The highest BCUT2D eigenvalue weighted by molar-refractivity contribution is 7.73. The third-order valence-corrected chi connectivity index (χ3v) is 28.8. The first-order valence-electron chi connectivity index (χ1n) is 35.1. The number of alkyl halides is 48. The molecule has 0 spiro atoms. The normalized spacial score (nSPS) is 14.0. The minimum atomic E-state index is -6.26. The molecular formula is C80H38F48P4. The molecule has 0 aliphatic carbocycles. The first kappa shape index (κ1) is 105. The summed E-state index contributed by atoms with van der Waals surface area (Å²) >= 11 is 0. The molecule has 0 saturated heterocycles. The quantitative estimate of drug-likeness (QED) is 0.0630. The van der Waals surface area contributed by atoms with Gasteiger partial charge in [-0.3, -0.25) is 0 Å². The van der Waals surface area contributed by atoms with Gasteiger partial charge >= 0.3 is 98.8 Å². The molecule has 10 aromatic rings. The molecular weight excluding hydrogens is 2000 g/mol. The smallest absolute Gasteiger partial charge is 0.166 e. The van der Waals surface area contributed by atoms with Crippen molar-refractivity contribution < 1.29 is 211 Å². The molecule has 0 N–H and O–H groups in total. The van der Waals surface area contributed by atoms with Crippen LogP contribution in [0.1, 0.15) is 111 Å². The third kappa shape index (κ3) is 25.0. The summed E-state index contributed by atoms with van der Waals surface area (Å²) in [6, 6.07) is -13.3. The van der Waals surface area contributed by atoms with Crippen LogP contribution in [0.3, 0.4) is 0 Å². The van der Waals surface area contributed by atoms with E-state index in [4.69, 9.17) is 0 Å². The van der Waals surface area contributed by atoms with Gasteiger partial charge in [-0.15, -0.1) is 0 Å². The van der Waals surface area contributed by atoms with Crippen molar-refractivity contribution in [3.63, 3.8) is 0 Å². The molecule has 0 fully saturated rings. The van der Waals surface area contributed by atoms with Gasteiger partial charge in [0.05, 0.1) is 89.0 Å². The van der Waals surface area contributed by atoms with Crippen molar-refractivity contribution in [2.75, 3.05) is 0 Å². The summed E-state index contributed by atoms with van der Waals surface area (Å²) in [7, 11) is -18.1. The molecule has 132 heavy (non-hydrogen) atoms. The van der Waals surface area contributed by atoms with Crippen molar-refractivity contribution in [1.29, 1.82) is 0 Å². The second-order valence-corrected chi connectivity index (χ2v) is 37.2. The minimum absolute atomic E-state index is 0.187. The predicted molar refractivity (Wildman–Crippen MR) is 383 cm³/mol.